The van der Waals surface area contributed by atoms with E-state index in [0.717, 1.165) is 37.1 Å². The van der Waals surface area contributed by atoms with Crippen molar-refractivity contribution >= 4 is 16.8 Å². The number of hydrogen-bond donors (Lipinski definition) is 2. The summed E-state index contributed by atoms with van der Waals surface area (Å²) < 4.78 is 0. The Morgan fingerprint density at radius 1 is 1.14 bits per heavy atom. The summed E-state index contributed by atoms with van der Waals surface area (Å²) in [6, 6.07) is 8.89. The number of nitrogens with zero attached hydrogens (tertiary/aromatic N) is 1. The summed E-state index contributed by atoms with van der Waals surface area (Å²) in [6.07, 6.45) is 0. The summed E-state index contributed by atoms with van der Waals surface area (Å²) >= 11 is 0. The topological polar surface area (TPSA) is 65.2 Å². The fourth-order valence-electron chi connectivity index (χ4n) is 3.57. The zero-order valence-electron chi connectivity index (χ0n) is 11.6. The van der Waals surface area contributed by atoms with Crippen LogP contribution in [0.1, 0.15) is 10.4 Å². The van der Waals surface area contributed by atoms with Crippen molar-refractivity contribution in [3.63, 3.8) is 0 Å². The number of carbonyl (C=O) groups is 1. The minimum atomic E-state index is -0.224. The molecule has 2 fully saturated rings. The number of likely N-dealkylation sites (tertiary alicyclic amines) is 1. The Labute approximate surface area is 122 Å². The lowest BCUT2D eigenvalue weighted by molar-refractivity contribution is 0.0783. The molecule has 2 aliphatic heterocycles. The molecule has 5 nitrogen and oxygen atoms in total. The number of para-hydroxylation sites is 1. The Morgan fingerprint density at radius 3 is 2.62 bits per heavy atom. The Hall–Kier alpha value is -2.14. The van der Waals surface area contributed by atoms with Gasteiger partial charge in [0.2, 0.25) is 5.56 Å². The van der Waals surface area contributed by atoms with E-state index < -0.39 is 0 Å². The molecule has 2 aromatic rings. The van der Waals surface area contributed by atoms with Gasteiger partial charge in [-0.2, -0.15) is 0 Å². The van der Waals surface area contributed by atoms with E-state index in [0.29, 0.717) is 17.4 Å². The van der Waals surface area contributed by atoms with Crippen molar-refractivity contribution < 1.29 is 4.79 Å². The highest BCUT2D eigenvalue weighted by atomic mass is 16.2. The molecule has 108 valence electrons. The summed E-state index contributed by atoms with van der Waals surface area (Å²) in [7, 11) is 0. The number of benzene rings is 1. The molecule has 1 aromatic heterocycles. The molecular formula is C16H17N3O2. The highest BCUT2D eigenvalue weighted by Gasteiger charge is 2.38. The molecule has 2 saturated heterocycles. The Balaban J connectivity index is 1.73. The van der Waals surface area contributed by atoms with Crippen molar-refractivity contribution in [3.05, 3.63) is 46.2 Å². The average molecular weight is 283 g/mol. The van der Waals surface area contributed by atoms with Gasteiger partial charge in [0.15, 0.2) is 0 Å². The first-order valence-electron chi connectivity index (χ1n) is 7.34. The maximum Gasteiger partial charge on any atom is 0.254 e. The Morgan fingerprint density at radius 2 is 1.86 bits per heavy atom. The third kappa shape index (κ3) is 2.05. The van der Waals surface area contributed by atoms with Gasteiger partial charge in [0, 0.05) is 43.1 Å². The van der Waals surface area contributed by atoms with E-state index in [1.165, 1.54) is 6.07 Å². The third-order valence-electron chi connectivity index (χ3n) is 4.66. The SMILES string of the molecule is O=C(c1cc(=O)[nH]c2ccccc12)N1CC2CNCC2C1. The second-order valence-electron chi connectivity index (χ2n) is 5.98. The second-order valence-corrected chi connectivity index (χ2v) is 5.98. The van der Waals surface area contributed by atoms with Gasteiger partial charge in [0.1, 0.15) is 0 Å². The van der Waals surface area contributed by atoms with Crippen LogP contribution in [0.25, 0.3) is 10.9 Å². The number of rotatable bonds is 1. The fraction of sp³-hybridized carbons (Fsp3) is 0.375. The highest BCUT2D eigenvalue weighted by Crippen LogP contribution is 2.28. The molecule has 1 aromatic carbocycles. The van der Waals surface area contributed by atoms with E-state index in [4.69, 9.17) is 0 Å². The molecule has 2 atom stereocenters. The van der Waals surface area contributed by atoms with Crippen molar-refractivity contribution in [2.24, 2.45) is 11.8 Å². The molecule has 2 aliphatic rings. The minimum Gasteiger partial charge on any atom is -0.338 e. The van der Waals surface area contributed by atoms with Gasteiger partial charge in [-0.15, -0.1) is 0 Å². The number of nitrogens with one attached hydrogen (secondary N) is 2. The predicted molar refractivity (Wildman–Crippen MR) is 80.3 cm³/mol. The van der Waals surface area contributed by atoms with Crippen molar-refractivity contribution in [1.82, 2.24) is 15.2 Å². The van der Waals surface area contributed by atoms with Gasteiger partial charge in [-0.05, 0) is 17.9 Å². The first-order chi connectivity index (χ1) is 10.2. The summed E-state index contributed by atoms with van der Waals surface area (Å²) in [5.41, 5.74) is 1.01. The summed E-state index contributed by atoms with van der Waals surface area (Å²) in [4.78, 5) is 29.3. The number of amides is 1. The minimum absolute atomic E-state index is 0.0216. The van der Waals surface area contributed by atoms with Crippen LogP contribution in [0.15, 0.2) is 35.1 Å². The smallest absolute Gasteiger partial charge is 0.254 e. The number of hydrogen-bond acceptors (Lipinski definition) is 3. The molecule has 0 saturated carbocycles. The van der Waals surface area contributed by atoms with Crippen LogP contribution in [-0.4, -0.2) is 42.0 Å². The summed E-state index contributed by atoms with van der Waals surface area (Å²) in [6.45, 7) is 3.56. The normalized spacial score (nSPS) is 24.5. The molecule has 3 heterocycles. The van der Waals surface area contributed by atoms with Gasteiger partial charge in [-0.1, -0.05) is 18.2 Å². The number of aromatic nitrogens is 1. The van der Waals surface area contributed by atoms with Crippen LogP contribution < -0.4 is 10.9 Å². The molecule has 4 rings (SSSR count). The predicted octanol–water partition coefficient (Wildman–Crippen LogP) is 0.819. The van der Waals surface area contributed by atoms with Crippen molar-refractivity contribution in [3.8, 4) is 0 Å². The number of aromatic amines is 1. The lowest BCUT2D eigenvalue weighted by Crippen LogP contribution is -2.32. The van der Waals surface area contributed by atoms with Gasteiger partial charge in [0.25, 0.3) is 5.91 Å². The van der Waals surface area contributed by atoms with E-state index in [1.54, 1.807) is 0 Å². The van der Waals surface area contributed by atoms with E-state index >= 15 is 0 Å². The molecule has 1 amide bonds. The molecule has 0 radical (unpaired) electrons. The van der Waals surface area contributed by atoms with Gasteiger partial charge >= 0.3 is 0 Å². The van der Waals surface area contributed by atoms with E-state index in [1.807, 2.05) is 29.2 Å². The highest BCUT2D eigenvalue weighted by molar-refractivity contribution is 6.06. The molecular weight excluding hydrogens is 266 g/mol. The largest absolute Gasteiger partial charge is 0.338 e. The van der Waals surface area contributed by atoms with Crippen LogP contribution in [-0.2, 0) is 0 Å². The zero-order valence-corrected chi connectivity index (χ0v) is 11.6. The molecule has 0 aliphatic carbocycles. The molecule has 0 spiro atoms. The quantitative estimate of drug-likeness (QED) is 0.814. The second kappa shape index (κ2) is 4.70. The molecule has 21 heavy (non-hydrogen) atoms. The number of H-pyrrole nitrogens is 1. The molecule has 2 N–H and O–H groups in total. The maximum absolute atomic E-state index is 12.8. The Bertz CT molecular complexity index is 755. The maximum atomic E-state index is 12.8. The van der Waals surface area contributed by atoms with Crippen LogP contribution in [0.4, 0.5) is 0 Å². The van der Waals surface area contributed by atoms with Gasteiger partial charge < -0.3 is 15.2 Å². The summed E-state index contributed by atoms with van der Waals surface area (Å²) in [5, 5.41) is 4.19. The average Bonchev–Trinajstić information content (AvgIpc) is 3.06. The summed E-state index contributed by atoms with van der Waals surface area (Å²) in [5.74, 6) is 1.09. The lowest BCUT2D eigenvalue weighted by Gasteiger charge is -2.18. The number of carbonyl (C=O) groups excluding carboxylic acids is 1. The lowest BCUT2D eigenvalue weighted by atomic mass is 10.0. The first-order valence-corrected chi connectivity index (χ1v) is 7.34. The van der Waals surface area contributed by atoms with Crippen LogP contribution in [0, 0.1) is 11.8 Å². The van der Waals surface area contributed by atoms with E-state index in [-0.39, 0.29) is 11.5 Å². The Kier molecular flexibility index (Phi) is 2.82. The van der Waals surface area contributed by atoms with Crippen LogP contribution in [0.3, 0.4) is 0 Å². The third-order valence-corrected chi connectivity index (χ3v) is 4.66. The molecule has 0 bridgehead atoms. The molecule has 5 heteroatoms. The van der Waals surface area contributed by atoms with Gasteiger partial charge in [0.05, 0.1) is 5.56 Å². The van der Waals surface area contributed by atoms with Gasteiger partial charge in [-0.3, -0.25) is 9.59 Å². The molecule has 2 unspecified atom stereocenters. The fourth-order valence-corrected chi connectivity index (χ4v) is 3.57. The van der Waals surface area contributed by atoms with Crippen LogP contribution in [0.2, 0.25) is 0 Å². The van der Waals surface area contributed by atoms with E-state index in [9.17, 15) is 9.59 Å². The number of fused-ring (bicyclic) bond motifs is 2. The van der Waals surface area contributed by atoms with E-state index in [2.05, 4.69) is 10.3 Å². The van der Waals surface area contributed by atoms with Crippen LogP contribution >= 0.6 is 0 Å². The van der Waals surface area contributed by atoms with Crippen molar-refractivity contribution in [2.75, 3.05) is 26.2 Å². The monoisotopic (exact) mass is 283 g/mol. The standard InChI is InChI=1S/C16H17N3O2/c20-15-5-13(12-3-1-2-4-14(12)18-15)16(21)19-8-10-6-17-7-11(10)9-19/h1-5,10-11,17H,6-9H2,(H,18,20). The zero-order chi connectivity index (χ0) is 14.4. The van der Waals surface area contributed by atoms with Gasteiger partial charge in [-0.25, -0.2) is 0 Å². The van der Waals surface area contributed by atoms with Crippen molar-refractivity contribution in [2.45, 2.75) is 0 Å². The van der Waals surface area contributed by atoms with Crippen molar-refractivity contribution in [1.29, 1.82) is 0 Å². The number of pyridine rings is 1. The first kappa shape index (κ1) is 12.6. The van der Waals surface area contributed by atoms with Crippen LogP contribution in [0.5, 0.6) is 0 Å².